The Hall–Kier alpha value is -1.61. The maximum Gasteiger partial charge on any atom is 0.0662 e. The molecule has 0 spiro atoms. The van der Waals surface area contributed by atoms with Crippen molar-refractivity contribution < 1.29 is 0 Å². The second kappa shape index (κ2) is 6.90. The molecule has 1 aromatic carbocycles. The highest BCUT2D eigenvalue weighted by Crippen LogP contribution is 2.15. The lowest BCUT2D eigenvalue weighted by molar-refractivity contribution is 0.425. The van der Waals surface area contributed by atoms with Gasteiger partial charge in [-0.05, 0) is 32.3 Å². The van der Waals surface area contributed by atoms with E-state index in [1.54, 1.807) is 0 Å². The van der Waals surface area contributed by atoms with E-state index in [4.69, 9.17) is 5.10 Å². The molecule has 1 atom stereocenters. The number of aromatic nitrogens is 2. The fraction of sp³-hybridized carbons (Fsp3) is 0.500. The van der Waals surface area contributed by atoms with Crippen molar-refractivity contribution in [2.24, 2.45) is 5.92 Å². The van der Waals surface area contributed by atoms with Crippen LogP contribution in [0.2, 0.25) is 0 Å². The summed E-state index contributed by atoms with van der Waals surface area (Å²) in [6.07, 6.45) is 0. The van der Waals surface area contributed by atoms with Crippen LogP contribution in [0.4, 0.5) is 0 Å². The number of benzene rings is 1. The zero-order valence-corrected chi connectivity index (χ0v) is 13.9. The lowest BCUT2D eigenvalue weighted by Crippen LogP contribution is -2.30. The van der Waals surface area contributed by atoms with Crippen LogP contribution in [0.3, 0.4) is 0 Å². The number of nitrogens with zero attached hydrogens (tertiary/aromatic N) is 2. The third kappa shape index (κ3) is 3.94. The average molecular weight is 285 g/mol. The molecule has 0 aliphatic rings. The normalized spacial score (nSPS) is 12.9. The lowest BCUT2D eigenvalue weighted by Gasteiger charge is -2.17. The zero-order valence-electron chi connectivity index (χ0n) is 13.9. The summed E-state index contributed by atoms with van der Waals surface area (Å²) in [4.78, 5) is 0. The van der Waals surface area contributed by atoms with Crippen LogP contribution < -0.4 is 5.32 Å². The van der Waals surface area contributed by atoms with Crippen molar-refractivity contribution >= 4 is 0 Å². The molecule has 0 aliphatic carbocycles. The van der Waals surface area contributed by atoms with Gasteiger partial charge >= 0.3 is 0 Å². The molecular weight excluding hydrogens is 258 g/mol. The van der Waals surface area contributed by atoms with Gasteiger partial charge in [0.2, 0.25) is 0 Å². The third-order valence-corrected chi connectivity index (χ3v) is 4.31. The number of hydrogen-bond acceptors (Lipinski definition) is 2. The molecule has 0 aliphatic heterocycles. The Morgan fingerprint density at radius 1 is 1.10 bits per heavy atom. The second-order valence-corrected chi connectivity index (χ2v) is 6.21. The number of aryl methyl sites for hydroxylation is 1. The number of hydrogen-bond donors (Lipinski definition) is 1. The molecule has 0 amide bonds. The van der Waals surface area contributed by atoms with Crippen molar-refractivity contribution in [2.45, 2.75) is 53.8 Å². The largest absolute Gasteiger partial charge is 0.310 e. The Balaban J connectivity index is 2.10. The predicted molar refractivity (Wildman–Crippen MR) is 88.4 cm³/mol. The van der Waals surface area contributed by atoms with Gasteiger partial charge in [0.15, 0.2) is 0 Å². The summed E-state index contributed by atoms with van der Waals surface area (Å²) >= 11 is 0. The van der Waals surface area contributed by atoms with Crippen LogP contribution in [0.1, 0.15) is 43.3 Å². The molecule has 0 saturated heterocycles. The molecule has 0 radical (unpaired) electrons. The average Bonchev–Trinajstić information content (AvgIpc) is 2.72. The van der Waals surface area contributed by atoms with Gasteiger partial charge < -0.3 is 5.32 Å². The topological polar surface area (TPSA) is 29.9 Å². The van der Waals surface area contributed by atoms with E-state index >= 15 is 0 Å². The van der Waals surface area contributed by atoms with Crippen LogP contribution in [0.25, 0.3) is 0 Å². The molecule has 3 heteroatoms. The van der Waals surface area contributed by atoms with Gasteiger partial charge in [-0.1, -0.05) is 44.2 Å². The Labute approximate surface area is 128 Å². The van der Waals surface area contributed by atoms with Crippen LogP contribution in [-0.4, -0.2) is 15.8 Å². The minimum absolute atomic E-state index is 0.515. The predicted octanol–water partition coefficient (Wildman–Crippen LogP) is 3.68. The van der Waals surface area contributed by atoms with Gasteiger partial charge in [0.05, 0.1) is 12.2 Å². The van der Waals surface area contributed by atoms with E-state index in [0.29, 0.717) is 12.0 Å². The van der Waals surface area contributed by atoms with E-state index < -0.39 is 0 Å². The molecule has 2 aromatic rings. The second-order valence-electron chi connectivity index (χ2n) is 6.21. The molecule has 114 valence electrons. The van der Waals surface area contributed by atoms with Gasteiger partial charge in [0, 0.05) is 23.8 Å². The summed E-state index contributed by atoms with van der Waals surface area (Å²) in [5.41, 5.74) is 5.02. The number of rotatable bonds is 6. The van der Waals surface area contributed by atoms with Gasteiger partial charge in [-0.25, -0.2) is 0 Å². The molecule has 1 aromatic heterocycles. The van der Waals surface area contributed by atoms with Crippen molar-refractivity contribution in [3.05, 3.63) is 52.8 Å². The molecule has 3 nitrogen and oxygen atoms in total. The standard InChI is InChI=1S/C18H27N3/c1-13(2)14(3)19-11-18-15(4)20-21(16(18)5)12-17-9-7-6-8-10-17/h6-10,13-14,19H,11-12H2,1-5H3. The van der Waals surface area contributed by atoms with Crippen molar-refractivity contribution in [3.8, 4) is 0 Å². The Morgan fingerprint density at radius 2 is 1.76 bits per heavy atom. The molecule has 1 unspecified atom stereocenters. The van der Waals surface area contributed by atoms with Gasteiger partial charge in [0.1, 0.15) is 0 Å². The SMILES string of the molecule is Cc1nn(Cc2ccccc2)c(C)c1CNC(C)C(C)C. The molecular formula is C18H27N3. The van der Waals surface area contributed by atoms with Gasteiger partial charge in [-0.3, -0.25) is 4.68 Å². The first kappa shape index (κ1) is 15.8. The van der Waals surface area contributed by atoms with E-state index in [2.05, 4.69) is 68.9 Å². The van der Waals surface area contributed by atoms with E-state index in [-0.39, 0.29) is 0 Å². The first-order valence-electron chi connectivity index (χ1n) is 7.79. The van der Waals surface area contributed by atoms with E-state index in [0.717, 1.165) is 18.8 Å². The first-order valence-corrected chi connectivity index (χ1v) is 7.79. The molecule has 0 fully saturated rings. The maximum absolute atomic E-state index is 4.70. The smallest absolute Gasteiger partial charge is 0.0662 e. The summed E-state index contributed by atoms with van der Waals surface area (Å²) in [6.45, 7) is 12.7. The van der Waals surface area contributed by atoms with Crippen molar-refractivity contribution in [1.82, 2.24) is 15.1 Å². The fourth-order valence-corrected chi connectivity index (χ4v) is 2.40. The van der Waals surface area contributed by atoms with Gasteiger partial charge in [0.25, 0.3) is 0 Å². The van der Waals surface area contributed by atoms with Crippen LogP contribution in [0.5, 0.6) is 0 Å². The first-order chi connectivity index (χ1) is 9.99. The van der Waals surface area contributed by atoms with Crippen molar-refractivity contribution in [2.75, 3.05) is 0 Å². The summed E-state index contributed by atoms with van der Waals surface area (Å²) < 4.78 is 2.11. The summed E-state index contributed by atoms with van der Waals surface area (Å²) in [5, 5.41) is 8.31. The van der Waals surface area contributed by atoms with E-state index in [1.165, 1.54) is 16.8 Å². The van der Waals surface area contributed by atoms with Crippen LogP contribution >= 0.6 is 0 Å². The molecule has 0 saturated carbocycles. The monoisotopic (exact) mass is 285 g/mol. The Morgan fingerprint density at radius 3 is 2.38 bits per heavy atom. The zero-order chi connectivity index (χ0) is 15.4. The highest BCUT2D eigenvalue weighted by molar-refractivity contribution is 5.26. The lowest BCUT2D eigenvalue weighted by atomic mass is 10.1. The highest BCUT2D eigenvalue weighted by Gasteiger charge is 2.13. The quantitative estimate of drug-likeness (QED) is 0.877. The van der Waals surface area contributed by atoms with Crippen LogP contribution in [-0.2, 0) is 13.1 Å². The summed E-state index contributed by atoms with van der Waals surface area (Å²) in [5.74, 6) is 0.643. The Kier molecular flexibility index (Phi) is 5.18. The molecule has 1 N–H and O–H groups in total. The molecule has 1 heterocycles. The third-order valence-electron chi connectivity index (χ3n) is 4.31. The van der Waals surface area contributed by atoms with Gasteiger partial charge in [-0.15, -0.1) is 0 Å². The maximum atomic E-state index is 4.70. The van der Waals surface area contributed by atoms with Crippen LogP contribution in [0, 0.1) is 19.8 Å². The molecule has 21 heavy (non-hydrogen) atoms. The Bertz CT molecular complexity index is 570. The summed E-state index contributed by atoms with van der Waals surface area (Å²) in [7, 11) is 0. The van der Waals surface area contributed by atoms with E-state index in [9.17, 15) is 0 Å². The fourth-order valence-electron chi connectivity index (χ4n) is 2.40. The highest BCUT2D eigenvalue weighted by atomic mass is 15.3. The minimum atomic E-state index is 0.515. The number of nitrogens with one attached hydrogen (secondary N) is 1. The van der Waals surface area contributed by atoms with Crippen LogP contribution in [0.15, 0.2) is 30.3 Å². The van der Waals surface area contributed by atoms with Gasteiger partial charge in [-0.2, -0.15) is 5.10 Å². The van der Waals surface area contributed by atoms with E-state index in [1.807, 2.05) is 6.07 Å². The molecule has 2 rings (SSSR count). The summed E-state index contributed by atoms with van der Waals surface area (Å²) in [6, 6.07) is 11.0. The van der Waals surface area contributed by atoms with Crippen molar-refractivity contribution in [1.29, 1.82) is 0 Å². The minimum Gasteiger partial charge on any atom is -0.310 e. The molecule has 0 bridgehead atoms. The van der Waals surface area contributed by atoms with Crippen molar-refractivity contribution in [3.63, 3.8) is 0 Å².